The van der Waals surface area contributed by atoms with E-state index in [-0.39, 0.29) is 0 Å². The first-order chi connectivity index (χ1) is 9.74. The fourth-order valence-electron chi connectivity index (χ4n) is 2.40. The average molecular weight is 260 g/mol. The molecular formula is C19H18N+. The fourth-order valence-corrected chi connectivity index (χ4v) is 2.40. The Bertz CT molecular complexity index is 767. The number of pyridine rings is 1. The molecule has 3 aromatic rings. The second kappa shape index (κ2) is 5.30. The van der Waals surface area contributed by atoms with Gasteiger partial charge in [0.15, 0.2) is 6.20 Å². The zero-order valence-electron chi connectivity index (χ0n) is 11.9. The largest absolute Gasteiger partial charge is 0.212 e. The lowest BCUT2D eigenvalue weighted by molar-refractivity contribution is -0.644. The van der Waals surface area contributed by atoms with Gasteiger partial charge < -0.3 is 0 Å². The number of nitrogens with zero attached hydrogens (tertiary/aromatic N) is 1. The molecule has 0 bridgehead atoms. The molecule has 0 aliphatic carbocycles. The van der Waals surface area contributed by atoms with Gasteiger partial charge in [-0.05, 0) is 24.1 Å². The van der Waals surface area contributed by atoms with Crippen molar-refractivity contribution in [3.63, 3.8) is 0 Å². The monoisotopic (exact) mass is 260 g/mol. The van der Waals surface area contributed by atoms with Crippen LogP contribution in [-0.2, 0) is 7.05 Å². The van der Waals surface area contributed by atoms with Gasteiger partial charge in [-0.1, -0.05) is 54.1 Å². The predicted octanol–water partition coefficient (Wildman–Crippen LogP) is 4.14. The number of fused-ring (bicyclic) bond motifs is 1. The summed E-state index contributed by atoms with van der Waals surface area (Å²) in [5, 5.41) is 1.28. The number of benzene rings is 2. The first-order valence-corrected chi connectivity index (χ1v) is 6.86. The van der Waals surface area contributed by atoms with Gasteiger partial charge in [0.2, 0.25) is 5.52 Å². The van der Waals surface area contributed by atoms with E-state index in [1.54, 1.807) is 0 Å². The molecule has 0 atom stereocenters. The quantitative estimate of drug-likeness (QED) is 0.610. The van der Waals surface area contributed by atoms with Crippen LogP contribution in [0.5, 0.6) is 0 Å². The standard InChI is InChI=1S/C19H18N/c1-15-7-9-16(10-8-15)11-12-17-13-14-20(2)19-6-4-3-5-18(17)19/h3-14H,1-2H3/q+1. The second-order valence-corrected chi connectivity index (χ2v) is 5.14. The van der Waals surface area contributed by atoms with Gasteiger partial charge in [-0.2, -0.15) is 0 Å². The normalized spacial score (nSPS) is 11.3. The number of hydrogen-bond acceptors (Lipinski definition) is 0. The highest BCUT2D eigenvalue weighted by molar-refractivity contribution is 5.88. The van der Waals surface area contributed by atoms with Crippen LogP contribution in [0.1, 0.15) is 16.7 Å². The molecule has 98 valence electrons. The summed E-state index contributed by atoms with van der Waals surface area (Å²) < 4.78 is 2.15. The molecule has 1 nitrogen and oxygen atoms in total. The van der Waals surface area contributed by atoms with E-state index < -0.39 is 0 Å². The van der Waals surface area contributed by atoms with Crippen LogP contribution in [0.2, 0.25) is 0 Å². The molecule has 0 saturated heterocycles. The fraction of sp³-hybridized carbons (Fsp3) is 0.105. The number of para-hydroxylation sites is 1. The van der Waals surface area contributed by atoms with Crippen LogP contribution in [0.4, 0.5) is 0 Å². The Balaban J connectivity index is 2.03. The Labute approximate surface area is 119 Å². The SMILES string of the molecule is Cc1ccc(C=Cc2cc[n+](C)c3ccccc23)cc1. The molecule has 0 radical (unpaired) electrons. The molecule has 0 unspecified atom stereocenters. The molecule has 0 amide bonds. The highest BCUT2D eigenvalue weighted by Crippen LogP contribution is 2.17. The molecule has 0 aliphatic heterocycles. The van der Waals surface area contributed by atoms with Crippen LogP contribution in [0, 0.1) is 6.92 Å². The van der Waals surface area contributed by atoms with Gasteiger partial charge in [0.25, 0.3) is 0 Å². The number of aromatic nitrogens is 1. The molecule has 20 heavy (non-hydrogen) atoms. The highest BCUT2D eigenvalue weighted by atomic mass is 14.9. The third-order valence-corrected chi connectivity index (χ3v) is 3.61. The lowest BCUT2D eigenvalue weighted by Crippen LogP contribution is -2.28. The number of rotatable bonds is 2. The van der Waals surface area contributed by atoms with E-state index in [0.717, 1.165) is 0 Å². The van der Waals surface area contributed by atoms with Crippen molar-refractivity contribution >= 4 is 23.1 Å². The maximum atomic E-state index is 2.19. The smallest absolute Gasteiger partial charge is 0.201 e. The summed E-state index contributed by atoms with van der Waals surface area (Å²) in [5.41, 5.74) is 5.02. The summed E-state index contributed by atoms with van der Waals surface area (Å²) in [5.74, 6) is 0. The van der Waals surface area contributed by atoms with Gasteiger partial charge in [0, 0.05) is 12.1 Å². The van der Waals surface area contributed by atoms with Crippen molar-refractivity contribution in [3.8, 4) is 0 Å². The van der Waals surface area contributed by atoms with E-state index in [2.05, 4.69) is 91.5 Å². The minimum Gasteiger partial charge on any atom is -0.201 e. The van der Waals surface area contributed by atoms with Crippen molar-refractivity contribution < 1.29 is 4.57 Å². The van der Waals surface area contributed by atoms with Crippen molar-refractivity contribution in [2.45, 2.75) is 6.92 Å². The molecule has 3 rings (SSSR count). The van der Waals surface area contributed by atoms with Gasteiger partial charge in [0.1, 0.15) is 7.05 Å². The summed E-state index contributed by atoms with van der Waals surface area (Å²) in [6.07, 6.45) is 6.46. The highest BCUT2D eigenvalue weighted by Gasteiger charge is 2.06. The predicted molar refractivity (Wildman–Crippen MR) is 85.2 cm³/mol. The van der Waals surface area contributed by atoms with Crippen LogP contribution in [0.3, 0.4) is 0 Å². The second-order valence-electron chi connectivity index (χ2n) is 5.14. The van der Waals surface area contributed by atoms with Crippen LogP contribution in [0.25, 0.3) is 23.1 Å². The summed E-state index contributed by atoms with van der Waals surface area (Å²) in [7, 11) is 2.08. The Morgan fingerprint density at radius 3 is 2.40 bits per heavy atom. The topological polar surface area (TPSA) is 3.88 Å². The molecule has 0 aliphatic rings. The van der Waals surface area contributed by atoms with Crippen molar-refractivity contribution in [1.82, 2.24) is 0 Å². The van der Waals surface area contributed by atoms with Gasteiger partial charge in [0.05, 0.1) is 5.39 Å². The lowest BCUT2D eigenvalue weighted by Gasteiger charge is -2.01. The third kappa shape index (κ3) is 2.48. The molecule has 2 aromatic carbocycles. The summed E-state index contributed by atoms with van der Waals surface area (Å²) in [6.45, 7) is 2.11. The Kier molecular flexibility index (Phi) is 3.34. The Hall–Kier alpha value is -2.41. The van der Waals surface area contributed by atoms with Crippen LogP contribution < -0.4 is 4.57 Å². The zero-order chi connectivity index (χ0) is 13.9. The van der Waals surface area contributed by atoms with Crippen molar-refractivity contribution in [3.05, 3.63) is 77.5 Å². The molecule has 0 N–H and O–H groups in total. The number of aryl methyl sites for hydroxylation is 2. The van der Waals surface area contributed by atoms with E-state index in [4.69, 9.17) is 0 Å². The molecule has 0 fully saturated rings. The van der Waals surface area contributed by atoms with Gasteiger partial charge in [-0.15, -0.1) is 0 Å². The Morgan fingerprint density at radius 1 is 0.850 bits per heavy atom. The van der Waals surface area contributed by atoms with Crippen molar-refractivity contribution in [2.75, 3.05) is 0 Å². The summed E-state index contributed by atoms with van der Waals surface area (Å²) in [6, 6.07) is 19.2. The molecule has 1 heteroatoms. The first-order valence-electron chi connectivity index (χ1n) is 6.86. The third-order valence-electron chi connectivity index (χ3n) is 3.61. The minimum absolute atomic E-state index is 1.23. The van der Waals surface area contributed by atoms with E-state index in [1.165, 1.54) is 27.6 Å². The minimum atomic E-state index is 1.23. The molecule has 0 saturated carbocycles. The number of hydrogen-bond donors (Lipinski definition) is 0. The van der Waals surface area contributed by atoms with E-state index >= 15 is 0 Å². The molecule has 1 heterocycles. The van der Waals surface area contributed by atoms with E-state index in [0.29, 0.717) is 0 Å². The molecular weight excluding hydrogens is 242 g/mol. The maximum Gasteiger partial charge on any atom is 0.212 e. The lowest BCUT2D eigenvalue weighted by atomic mass is 10.1. The summed E-state index contributed by atoms with van der Waals surface area (Å²) in [4.78, 5) is 0. The summed E-state index contributed by atoms with van der Waals surface area (Å²) >= 11 is 0. The van der Waals surface area contributed by atoms with E-state index in [9.17, 15) is 0 Å². The Morgan fingerprint density at radius 2 is 1.60 bits per heavy atom. The van der Waals surface area contributed by atoms with Crippen LogP contribution in [0.15, 0.2) is 60.8 Å². The molecule has 0 spiro atoms. The van der Waals surface area contributed by atoms with Crippen molar-refractivity contribution in [1.29, 1.82) is 0 Å². The van der Waals surface area contributed by atoms with Crippen molar-refractivity contribution in [2.24, 2.45) is 7.05 Å². The molecule has 1 aromatic heterocycles. The van der Waals surface area contributed by atoms with Gasteiger partial charge in [-0.3, -0.25) is 0 Å². The average Bonchev–Trinajstić information content (AvgIpc) is 2.49. The van der Waals surface area contributed by atoms with Crippen LogP contribution >= 0.6 is 0 Å². The van der Waals surface area contributed by atoms with E-state index in [1.807, 2.05) is 0 Å². The van der Waals surface area contributed by atoms with Crippen LogP contribution in [-0.4, -0.2) is 0 Å². The zero-order valence-corrected chi connectivity index (χ0v) is 11.9. The first kappa shape index (κ1) is 12.6. The van der Waals surface area contributed by atoms with Gasteiger partial charge >= 0.3 is 0 Å². The maximum absolute atomic E-state index is 2.19. The van der Waals surface area contributed by atoms with Gasteiger partial charge in [-0.25, -0.2) is 4.57 Å².